The fraction of sp³-hybridized carbons (Fsp3) is 0.273. The largest absolute Gasteiger partial charge is 0.332 e. The molecule has 0 saturated carbocycles. The third-order valence-corrected chi connectivity index (χ3v) is 2.32. The van der Waals surface area contributed by atoms with E-state index in [1.165, 1.54) is 11.0 Å². The van der Waals surface area contributed by atoms with E-state index in [2.05, 4.69) is 4.98 Å². The van der Waals surface area contributed by atoms with Gasteiger partial charge in [-0.05, 0) is 24.6 Å². The molecular weight excluding hydrogens is 195 g/mol. The summed E-state index contributed by atoms with van der Waals surface area (Å²) in [5.74, 6) is -0.371. The van der Waals surface area contributed by atoms with Gasteiger partial charge in [0, 0.05) is 24.5 Å². The molecular formula is C11H11FN2O. The Morgan fingerprint density at radius 3 is 2.80 bits per heavy atom. The number of pyridine rings is 1. The molecule has 1 amide bonds. The molecule has 0 saturated heterocycles. The number of hydrogen-bond donors (Lipinski definition) is 0. The monoisotopic (exact) mass is 206 g/mol. The van der Waals surface area contributed by atoms with Crippen LogP contribution in [0.15, 0.2) is 36.4 Å². The zero-order valence-electron chi connectivity index (χ0n) is 8.19. The maximum atomic E-state index is 13.0. The molecule has 0 unspecified atom stereocenters. The lowest BCUT2D eigenvalue weighted by Crippen LogP contribution is -2.35. The summed E-state index contributed by atoms with van der Waals surface area (Å²) in [6, 6.07) is 3.27. The molecule has 0 aliphatic carbocycles. The van der Waals surface area contributed by atoms with E-state index >= 15 is 0 Å². The van der Waals surface area contributed by atoms with Crippen LogP contribution in [0.25, 0.3) is 0 Å². The fourth-order valence-corrected chi connectivity index (χ4v) is 1.55. The highest BCUT2D eigenvalue weighted by atomic mass is 19.1. The molecule has 4 heteroatoms. The van der Waals surface area contributed by atoms with E-state index in [9.17, 15) is 9.18 Å². The smallest absolute Gasteiger partial charge is 0.254 e. The predicted molar refractivity (Wildman–Crippen MR) is 53.9 cm³/mol. The Labute approximate surface area is 87.2 Å². The molecule has 2 rings (SSSR count). The topological polar surface area (TPSA) is 33.2 Å². The summed E-state index contributed by atoms with van der Waals surface area (Å²) in [7, 11) is 0. The Bertz CT molecular complexity index is 389. The van der Waals surface area contributed by atoms with Gasteiger partial charge in [-0.15, -0.1) is 0 Å². The van der Waals surface area contributed by atoms with Crippen molar-refractivity contribution in [1.29, 1.82) is 0 Å². The molecule has 0 spiro atoms. The van der Waals surface area contributed by atoms with Crippen LogP contribution in [0.1, 0.15) is 16.8 Å². The first-order chi connectivity index (χ1) is 7.27. The molecule has 1 aromatic rings. The summed E-state index contributed by atoms with van der Waals surface area (Å²) in [6.07, 6.45) is 5.23. The molecule has 3 nitrogen and oxygen atoms in total. The summed E-state index contributed by atoms with van der Waals surface area (Å²) < 4.78 is 13.0. The first-order valence-electron chi connectivity index (χ1n) is 4.81. The molecule has 1 aliphatic heterocycles. The second-order valence-electron chi connectivity index (χ2n) is 3.40. The number of rotatable bonds is 1. The van der Waals surface area contributed by atoms with E-state index in [1.54, 1.807) is 24.5 Å². The summed E-state index contributed by atoms with van der Waals surface area (Å²) >= 11 is 0. The maximum absolute atomic E-state index is 13.0. The van der Waals surface area contributed by atoms with Gasteiger partial charge in [0.25, 0.3) is 5.91 Å². The molecule has 15 heavy (non-hydrogen) atoms. The Hall–Kier alpha value is -1.71. The fourth-order valence-electron chi connectivity index (χ4n) is 1.55. The number of carbonyl (C=O) groups excluding carboxylic acids is 1. The number of carbonyl (C=O) groups is 1. The third-order valence-electron chi connectivity index (χ3n) is 2.32. The Kier molecular flexibility index (Phi) is 2.76. The van der Waals surface area contributed by atoms with Crippen molar-refractivity contribution in [2.45, 2.75) is 6.42 Å². The highest BCUT2D eigenvalue weighted by Crippen LogP contribution is 2.13. The minimum atomic E-state index is -0.233. The molecule has 1 aliphatic rings. The first kappa shape index (κ1) is 9.83. The summed E-state index contributed by atoms with van der Waals surface area (Å²) in [5, 5.41) is 0. The van der Waals surface area contributed by atoms with Crippen molar-refractivity contribution in [3.8, 4) is 0 Å². The minimum Gasteiger partial charge on any atom is -0.332 e. The molecule has 1 aromatic heterocycles. The van der Waals surface area contributed by atoms with Gasteiger partial charge in [0.2, 0.25) is 0 Å². The summed E-state index contributed by atoms with van der Waals surface area (Å²) in [6.45, 7) is 0.662. The van der Waals surface area contributed by atoms with Crippen LogP contribution in [-0.4, -0.2) is 28.9 Å². The highest BCUT2D eigenvalue weighted by molar-refractivity contribution is 5.94. The van der Waals surface area contributed by atoms with Crippen molar-refractivity contribution < 1.29 is 9.18 Å². The number of aromatic nitrogens is 1. The van der Waals surface area contributed by atoms with Crippen molar-refractivity contribution in [2.75, 3.05) is 13.1 Å². The average molecular weight is 206 g/mol. The molecule has 0 N–H and O–H groups in total. The zero-order chi connectivity index (χ0) is 10.7. The van der Waals surface area contributed by atoms with E-state index < -0.39 is 0 Å². The number of halogens is 1. The minimum absolute atomic E-state index is 0.0845. The van der Waals surface area contributed by atoms with E-state index in [0.29, 0.717) is 18.5 Å². The quantitative estimate of drug-likeness (QED) is 0.701. The van der Waals surface area contributed by atoms with Crippen LogP contribution in [0.5, 0.6) is 0 Å². The van der Waals surface area contributed by atoms with Gasteiger partial charge in [0.15, 0.2) is 0 Å². The van der Waals surface area contributed by atoms with Gasteiger partial charge in [-0.2, -0.15) is 0 Å². The van der Waals surface area contributed by atoms with Crippen LogP contribution in [0.3, 0.4) is 0 Å². The summed E-state index contributed by atoms with van der Waals surface area (Å²) in [5.41, 5.74) is 0.555. The Morgan fingerprint density at radius 1 is 1.40 bits per heavy atom. The van der Waals surface area contributed by atoms with Gasteiger partial charge in [0.1, 0.15) is 5.83 Å². The van der Waals surface area contributed by atoms with E-state index in [-0.39, 0.29) is 18.3 Å². The number of nitrogens with zero attached hydrogens (tertiary/aromatic N) is 2. The summed E-state index contributed by atoms with van der Waals surface area (Å²) in [4.78, 5) is 17.2. The van der Waals surface area contributed by atoms with Crippen LogP contribution in [0.2, 0.25) is 0 Å². The third kappa shape index (κ3) is 2.21. The molecule has 0 bridgehead atoms. The van der Waals surface area contributed by atoms with Gasteiger partial charge >= 0.3 is 0 Å². The first-order valence-corrected chi connectivity index (χ1v) is 4.81. The van der Waals surface area contributed by atoms with Crippen LogP contribution in [0, 0.1) is 0 Å². The Balaban J connectivity index is 2.12. The second kappa shape index (κ2) is 4.21. The maximum Gasteiger partial charge on any atom is 0.254 e. The zero-order valence-corrected chi connectivity index (χ0v) is 8.19. The molecule has 0 fully saturated rings. The lowest BCUT2D eigenvalue weighted by atomic mass is 10.2. The standard InChI is InChI=1S/C11H11FN2O/c12-10-2-1-7-14(8-10)11(15)9-3-5-13-6-4-9/h2-6H,1,7-8H2. The second-order valence-corrected chi connectivity index (χ2v) is 3.40. The molecule has 78 valence electrons. The van der Waals surface area contributed by atoms with E-state index in [4.69, 9.17) is 0 Å². The van der Waals surface area contributed by atoms with E-state index in [1.807, 2.05) is 0 Å². The molecule has 0 atom stereocenters. The molecule has 0 radical (unpaired) electrons. The molecule has 0 aromatic carbocycles. The number of hydrogen-bond acceptors (Lipinski definition) is 2. The lowest BCUT2D eigenvalue weighted by molar-refractivity contribution is 0.0755. The highest BCUT2D eigenvalue weighted by Gasteiger charge is 2.19. The van der Waals surface area contributed by atoms with Gasteiger partial charge in [-0.25, -0.2) is 4.39 Å². The van der Waals surface area contributed by atoms with Crippen molar-refractivity contribution in [3.05, 3.63) is 42.0 Å². The van der Waals surface area contributed by atoms with Crippen molar-refractivity contribution in [3.63, 3.8) is 0 Å². The SMILES string of the molecule is O=C(c1ccncc1)N1CCC=C(F)C1. The van der Waals surface area contributed by atoms with Crippen molar-refractivity contribution >= 4 is 5.91 Å². The lowest BCUT2D eigenvalue weighted by Gasteiger charge is -2.24. The van der Waals surface area contributed by atoms with Gasteiger partial charge in [0.05, 0.1) is 6.54 Å². The van der Waals surface area contributed by atoms with Crippen LogP contribution in [0.4, 0.5) is 4.39 Å². The van der Waals surface area contributed by atoms with Crippen LogP contribution in [-0.2, 0) is 0 Å². The van der Waals surface area contributed by atoms with Gasteiger partial charge in [-0.1, -0.05) is 0 Å². The number of amides is 1. The van der Waals surface area contributed by atoms with Crippen LogP contribution >= 0.6 is 0 Å². The molecule has 2 heterocycles. The van der Waals surface area contributed by atoms with Crippen molar-refractivity contribution in [2.24, 2.45) is 0 Å². The normalized spacial score (nSPS) is 16.1. The van der Waals surface area contributed by atoms with E-state index in [0.717, 1.165) is 0 Å². The van der Waals surface area contributed by atoms with Gasteiger partial charge < -0.3 is 4.90 Å². The van der Waals surface area contributed by atoms with Crippen LogP contribution < -0.4 is 0 Å². The van der Waals surface area contributed by atoms with Gasteiger partial charge in [-0.3, -0.25) is 9.78 Å². The van der Waals surface area contributed by atoms with Crippen molar-refractivity contribution in [1.82, 2.24) is 9.88 Å². The predicted octanol–water partition coefficient (Wildman–Crippen LogP) is 1.78. The Morgan fingerprint density at radius 2 is 2.13 bits per heavy atom. The average Bonchev–Trinajstić information content (AvgIpc) is 2.29.